The van der Waals surface area contributed by atoms with E-state index < -0.39 is 0 Å². The van der Waals surface area contributed by atoms with Crippen molar-refractivity contribution in [2.24, 2.45) is 7.05 Å². The average Bonchev–Trinajstić information content (AvgIpc) is 3.12. The molecule has 6 nitrogen and oxygen atoms in total. The molecule has 1 saturated heterocycles. The maximum absolute atomic E-state index is 5.90. The third-order valence-electron chi connectivity index (χ3n) is 4.28. The molecule has 1 aromatic heterocycles. The standard InChI is InChI=1S/C16H24N4O2/c1-19-13-11-14(21-2)15(10-12(13)18-16(19)17)22-9-5-8-20-6-3-4-7-20/h10-11H,3-9H2,1-2H3,(H2,17,18). The van der Waals surface area contributed by atoms with Crippen LogP contribution in [-0.2, 0) is 7.05 Å². The Bertz CT molecular complexity index is 647. The number of imidazole rings is 1. The van der Waals surface area contributed by atoms with Crippen LogP contribution in [0.2, 0.25) is 0 Å². The summed E-state index contributed by atoms with van der Waals surface area (Å²) in [7, 11) is 3.54. The lowest BCUT2D eigenvalue weighted by Gasteiger charge is -2.15. The maximum Gasteiger partial charge on any atom is 0.200 e. The second-order valence-electron chi connectivity index (χ2n) is 5.77. The van der Waals surface area contributed by atoms with E-state index in [9.17, 15) is 0 Å². The summed E-state index contributed by atoms with van der Waals surface area (Å²) < 4.78 is 13.2. The van der Waals surface area contributed by atoms with Gasteiger partial charge < -0.3 is 24.7 Å². The summed E-state index contributed by atoms with van der Waals surface area (Å²) in [6.45, 7) is 4.23. The highest BCUT2D eigenvalue weighted by atomic mass is 16.5. The predicted octanol–water partition coefficient (Wildman–Crippen LogP) is 2.03. The lowest BCUT2D eigenvalue weighted by atomic mass is 10.2. The summed E-state index contributed by atoms with van der Waals surface area (Å²) in [5.41, 5.74) is 7.62. The van der Waals surface area contributed by atoms with Gasteiger partial charge in [0.1, 0.15) is 0 Å². The van der Waals surface area contributed by atoms with Crippen LogP contribution in [0.25, 0.3) is 11.0 Å². The number of methoxy groups -OCH3 is 1. The number of likely N-dealkylation sites (tertiary alicyclic amines) is 1. The predicted molar refractivity (Wildman–Crippen MR) is 87.5 cm³/mol. The van der Waals surface area contributed by atoms with E-state index >= 15 is 0 Å². The number of nitrogens with two attached hydrogens (primary N) is 1. The van der Waals surface area contributed by atoms with Crippen LogP contribution in [-0.4, -0.2) is 47.8 Å². The first kappa shape index (κ1) is 15.0. The van der Waals surface area contributed by atoms with Gasteiger partial charge in [0.2, 0.25) is 5.95 Å². The molecule has 2 N–H and O–H groups in total. The summed E-state index contributed by atoms with van der Waals surface area (Å²) in [6, 6.07) is 3.83. The number of ether oxygens (including phenoxy) is 2. The minimum absolute atomic E-state index is 0.489. The number of anilines is 1. The van der Waals surface area contributed by atoms with Crippen LogP contribution in [0.3, 0.4) is 0 Å². The molecule has 1 fully saturated rings. The van der Waals surface area contributed by atoms with Gasteiger partial charge in [-0.25, -0.2) is 4.98 Å². The van der Waals surface area contributed by atoms with Gasteiger partial charge in [-0.15, -0.1) is 0 Å². The fraction of sp³-hybridized carbons (Fsp3) is 0.562. The number of nitrogens with zero attached hydrogens (tertiary/aromatic N) is 3. The summed E-state index contributed by atoms with van der Waals surface area (Å²) in [6.07, 6.45) is 3.67. The highest BCUT2D eigenvalue weighted by Crippen LogP contribution is 2.32. The van der Waals surface area contributed by atoms with Crippen LogP contribution in [0.5, 0.6) is 11.5 Å². The Morgan fingerprint density at radius 2 is 2.00 bits per heavy atom. The van der Waals surface area contributed by atoms with E-state index in [-0.39, 0.29) is 0 Å². The highest BCUT2D eigenvalue weighted by molar-refractivity contribution is 5.82. The van der Waals surface area contributed by atoms with Gasteiger partial charge in [-0.05, 0) is 32.4 Å². The smallest absolute Gasteiger partial charge is 0.200 e. The molecule has 22 heavy (non-hydrogen) atoms. The van der Waals surface area contributed by atoms with E-state index in [2.05, 4.69) is 9.88 Å². The van der Waals surface area contributed by atoms with Crippen LogP contribution in [0.1, 0.15) is 19.3 Å². The zero-order valence-electron chi connectivity index (χ0n) is 13.3. The molecule has 0 bridgehead atoms. The van der Waals surface area contributed by atoms with Gasteiger partial charge in [0.25, 0.3) is 0 Å². The lowest BCUT2D eigenvalue weighted by molar-refractivity contribution is 0.254. The Morgan fingerprint density at radius 1 is 1.23 bits per heavy atom. The van der Waals surface area contributed by atoms with Crippen molar-refractivity contribution in [3.05, 3.63) is 12.1 Å². The molecule has 1 aliphatic rings. The maximum atomic E-state index is 5.90. The van der Waals surface area contributed by atoms with Gasteiger partial charge in [-0.1, -0.05) is 0 Å². The number of nitrogen functional groups attached to an aromatic ring is 1. The van der Waals surface area contributed by atoms with Crippen LogP contribution >= 0.6 is 0 Å². The van der Waals surface area contributed by atoms with Crippen molar-refractivity contribution in [3.63, 3.8) is 0 Å². The molecule has 2 heterocycles. The second kappa shape index (κ2) is 6.44. The molecule has 1 aromatic carbocycles. The van der Waals surface area contributed by atoms with Gasteiger partial charge in [0.05, 0.1) is 24.8 Å². The summed E-state index contributed by atoms with van der Waals surface area (Å²) in [5, 5.41) is 0. The molecule has 120 valence electrons. The molecule has 0 unspecified atom stereocenters. The minimum atomic E-state index is 0.489. The molecule has 0 amide bonds. The topological polar surface area (TPSA) is 65.5 Å². The lowest BCUT2D eigenvalue weighted by Crippen LogP contribution is -2.21. The summed E-state index contributed by atoms with van der Waals surface area (Å²) in [5.74, 6) is 1.94. The quantitative estimate of drug-likeness (QED) is 0.827. The Labute approximate surface area is 130 Å². The normalized spacial score (nSPS) is 15.5. The van der Waals surface area contributed by atoms with Crippen LogP contribution in [0.4, 0.5) is 5.95 Å². The third-order valence-corrected chi connectivity index (χ3v) is 4.28. The Balaban J connectivity index is 1.66. The second-order valence-corrected chi connectivity index (χ2v) is 5.77. The molecule has 0 spiro atoms. The first-order valence-electron chi connectivity index (χ1n) is 7.84. The molecule has 3 rings (SSSR count). The van der Waals surface area contributed by atoms with Gasteiger partial charge in [-0.2, -0.15) is 0 Å². The number of fused-ring (bicyclic) bond motifs is 1. The number of aromatic nitrogens is 2. The first-order valence-corrected chi connectivity index (χ1v) is 7.84. The van der Waals surface area contributed by atoms with Crippen molar-refractivity contribution < 1.29 is 9.47 Å². The molecule has 6 heteroatoms. The van der Waals surface area contributed by atoms with Crippen molar-refractivity contribution in [1.29, 1.82) is 0 Å². The molecule has 0 radical (unpaired) electrons. The third kappa shape index (κ3) is 2.97. The van der Waals surface area contributed by atoms with E-state index in [1.165, 1.54) is 25.9 Å². The van der Waals surface area contributed by atoms with Crippen molar-refractivity contribution in [3.8, 4) is 11.5 Å². The molecule has 1 aliphatic heterocycles. The van der Waals surface area contributed by atoms with Crippen molar-refractivity contribution in [1.82, 2.24) is 14.5 Å². The van der Waals surface area contributed by atoms with E-state index in [1.807, 2.05) is 23.7 Å². The Kier molecular flexibility index (Phi) is 4.38. The van der Waals surface area contributed by atoms with E-state index in [0.717, 1.165) is 35.5 Å². The number of hydrogen-bond donors (Lipinski definition) is 1. The van der Waals surface area contributed by atoms with Crippen LogP contribution in [0, 0.1) is 0 Å². The van der Waals surface area contributed by atoms with Crippen LogP contribution < -0.4 is 15.2 Å². The summed E-state index contributed by atoms with van der Waals surface area (Å²) in [4.78, 5) is 6.83. The number of aryl methyl sites for hydroxylation is 1. The molecule has 0 atom stereocenters. The van der Waals surface area contributed by atoms with E-state index in [4.69, 9.17) is 15.2 Å². The highest BCUT2D eigenvalue weighted by Gasteiger charge is 2.13. The summed E-state index contributed by atoms with van der Waals surface area (Å²) >= 11 is 0. The number of hydrogen-bond acceptors (Lipinski definition) is 5. The SMILES string of the molecule is COc1cc2c(cc1OCCCN1CCCC1)nc(N)n2C. The Morgan fingerprint density at radius 3 is 2.73 bits per heavy atom. The zero-order valence-corrected chi connectivity index (χ0v) is 13.3. The average molecular weight is 304 g/mol. The van der Waals surface area contributed by atoms with Gasteiger partial charge in [-0.3, -0.25) is 0 Å². The fourth-order valence-corrected chi connectivity index (χ4v) is 2.97. The number of rotatable bonds is 6. The largest absolute Gasteiger partial charge is 0.493 e. The van der Waals surface area contributed by atoms with Crippen molar-refractivity contribution >= 4 is 17.0 Å². The molecular weight excluding hydrogens is 280 g/mol. The zero-order chi connectivity index (χ0) is 15.5. The van der Waals surface area contributed by atoms with E-state index in [0.29, 0.717) is 12.6 Å². The fourth-order valence-electron chi connectivity index (χ4n) is 2.97. The van der Waals surface area contributed by atoms with Crippen molar-refractivity contribution in [2.75, 3.05) is 39.1 Å². The van der Waals surface area contributed by atoms with Gasteiger partial charge in [0.15, 0.2) is 11.5 Å². The first-order chi connectivity index (χ1) is 10.7. The van der Waals surface area contributed by atoms with Crippen LogP contribution in [0.15, 0.2) is 12.1 Å². The van der Waals surface area contributed by atoms with Crippen molar-refractivity contribution in [2.45, 2.75) is 19.3 Å². The monoisotopic (exact) mass is 304 g/mol. The number of benzene rings is 1. The molecule has 0 saturated carbocycles. The molecule has 0 aliphatic carbocycles. The van der Waals surface area contributed by atoms with E-state index in [1.54, 1.807) is 7.11 Å². The molecular formula is C16H24N4O2. The molecule has 2 aromatic rings. The Hall–Kier alpha value is -1.95. The minimum Gasteiger partial charge on any atom is -0.493 e. The van der Waals surface area contributed by atoms with Gasteiger partial charge >= 0.3 is 0 Å². The van der Waals surface area contributed by atoms with Gasteiger partial charge in [0, 0.05) is 25.7 Å².